The highest BCUT2D eigenvalue weighted by Gasteiger charge is 2.21. The van der Waals surface area contributed by atoms with Crippen molar-refractivity contribution >= 4 is 21.6 Å². The van der Waals surface area contributed by atoms with Crippen LogP contribution in [0, 0.1) is 6.92 Å². The van der Waals surface area contributed by atoms with Crippen molar-refractivity contribution in [3.63, 3.8) is 0 Å². The molecule has 0 N–H and O–H groups in total. The van der Waals surface area contributed by atoms with Crippen molar-refractivity contribution in [1.82, 2.24) is 9.55 Å². The van der Waals surface area contributed by atoms with Gasteiger partial charge in [0.05, 0.1) is 18.3 Å². The Morgan fingerprint density at radius 3 is 3.00 bits per heavy atom. The van der Waals surface area contributed by atoms with Crippen molar-refractivity contribution < 1.29 is 0 Å². The van der Waals surface area contributed by atoms with Gasteiger partial charge >= 0.3 is 0 Å². The minimum Gasteiger partial charge on any atom is -0.294 e. The lowest BCUT2D eigenvalue weighted by Gasteiger charge is -2.08. The molecule has 3 nitrogen and oxygen atoms in total. The molecule has 1 aromatic carbocycles. The lowest BCUT2D eigenvalue weighted by molar-refractivity contribution is 0.744. The molecule has 2 aromatic heterocycles. The average molecular weight is 296 g/mol. The minimum atomic E-state index is 0.114. The molecule has 0 aliphatic heterocycles. The van der Waals surface area contributed by atoms with Gasteiger partial charge in [0, 0.05) is 4.88 Å². The third kappa shape index (κ3) is 2.02. The summed E-state index contributed by atoms with van der Waals surface area (Å²) in [5.74, 6) is 0. The highest BCUT2D eigenvalue weighted by molar-refractivity contribution is 7.18. The first-order valence-corrected chi connectivity index (χ1v) is 8.10. The van der Waals surface area contributed by atoms with Gasteiger partial charge in [-0.3, -0.25) is 9.36 Å². The zero-order chi connectivity index (χ0) is 14.4. The smallest absolute Gasteiger partial charge is 0.262 e. The van der Waals surface area contributed by atoms with E-state index in [0.29, 0.717) is 6.54 Å². The van der Waals surface area contributed by atoms with Crippen LogP contribution in [-0.4, -0.2) is 9.55 Å². The Hall–Kier alpha value is -1.94. The van der Waals surface area contributed by atoms with E-state index in [9.17, 15) is 4.79 Å². The van der Waals surface area contributed by atoms with Gasteiger partial charge in [-0.05, 0) is 42.9 Å². The quantitative estimate of drug-likeness (QED) is 0.727. The van der Waals surface area contributed by atoms with Crippen molar-refractivity contribution in [2.24, 2.45) is 0 Å². The van der Waals surface area contributed by atoms with Gasteiger partial charge in [-0.15, -0.1) is 11.3 Å². The summed E-state index contributed by atoms with van der Waals surface area (Å²) < 4.78 is 1.75. The molecular weight excluding hydrogens is 280 g/mol. The van der Waals surface area contributed by atoms with Gasteiger partial charge < -0.3 is 0 Å². The fourth-order valence-corrected chi connectivity index (χ4v) is 4.32. The molecule has 0 amide bonds. The van der Waals surface area contributed by atoms with E-state index in [1.54, 1.807) is 22.2 Å². The number of hydrogen-bond donors (Lipinski definition) is 0. The van der Waals surface area contributed by atoms with E-state index >= 15 is 0 Å². The Kier molecular flexibility index (Phi) is 2.93. The molecular formula is C17H16N2OS. The second-order valence-electron chi connectivity index (χ2n) is 5.64. The topological polar surface area (TPSA) is 34.9 Å². The summed E-state index contributed by atoms with van der Waals surface area (Å²) in [5.41, 5.74) is 3.75. The first-order chi connectivity index (χ1) is 10.2. The lowest BCUT2D eigenvalue weighted by atomic mass is 10.1. The highest BCUT2D eigenvalue weighted by Crippen LogP contribution is 2.34. The second-order valence-corrected chi connectivity index (χ2v) is 6.73. The van der Waals surface area contributed by atoms with E-state index in [0.717, 1.165) is 23.1 Å². The SMILES string of the molecule is Cc1ccccc1Cn1cnc2sc3c(c2c1=O)CCC3. The molecule has 4 rings (SSSR count). The van der Waals surface area contributed by atoms with Crippen molar-refractivity contribution in [3.8, 4) is 0 Å². The molecule has 2 heterocycles. The van der Waals surface area contributed by atoms with Crippen molar-refractivity contribution in [1.29, 1.82) is 0 Å². The van der Waals surface area contributed by atoms with Gasteiger partial charge in [0.1, 0.15) is 4.83 Å². The molecule has 0 saturated heterocycles. The van der Waals surface area contributed by atoms with Crippen LogP contribution < -0.4 is 5.56 Å². The first kappa shape index (κ1) is 12.8. The van der Waals surface area contributed by atoms with Crippen LogP contribution in [0.3, 0.4) is 0 Å². The molecule has 0 unspecified atom stereocenters. The largest absolute Gasteiger partial charge is 0.294 e. The van der Waals surface area contributed by atoms with Gasteiger partial charge in [-0.25, -0.2) is 4.98 Å². The molecule has 0 atom stereocenters. The summed E-state index contributed by atoms with van der Waals surface area (Å²) in [5, 5.41) is 0.864. The molecule has 1 aliphatic carbocycles. The number of fused-ring (bicyclic) bond motifs is 3. The first-order valence-electron chi connectivity index (χ1n) is 7.28. The zero-order valence-electron chi connectivity index (χ0n) is 11.9. The van der Waals surface area contributed by atoms with Crippen LogP contribution in [0.1, 0.15) is 28.0 Å². The molecule has 0 fully saturated rings. The number of aromatic nitrogens is 2. The minimum absolute atomic E-state index is 0.114. The zero-order valence-corrected chi connectivity index (χ0v) is 12.7. The summed E-state index contributed by atoms with van der Waals surface area (Å²) in [6, 6.07) is 8.19. The Morgan fingerprint density at radius 2 is 2.14 bits per heavy atom. The average Bonchev–Trinajstić information content (AvgIpc) is 3.04. The molecule has 0 radical (unpaired) electrons. The summed E-state index contributed by atoms with van der Waals surface area (Å²) in [4.78, 5) is 19.6. The standard InChI is InChI=1S/C17H16N2OS/c1-11-5-2-3-6-12(11)9-19-10-18-16-15(17(19)20)13-7-4-8-14(13)21-16/h2-3,5-6,10H,4,7-9H2,1H3. The van der Waals surface area contributed by atoms with Gasteiger partial charge in [0.15, 0.2) is 0 Å². The molecule has 106 valence electrons. The molecule has 0 saturated carbocycles. The number of benzene rings is 1. The van der Waals surface area contributed by atoms with Crippen LogP contribution in [0.15, 0.2) is 35.4 Å². The summed E-state index contributed by atoms with van der Waals surface area (Å²) in [6.07, 6.45) is 5.00. The van der Waals surface area contributed by atoms with Crippen molar-refractivity contribution in [3.05, 3.63) is 62.5 Å². The van der Waals surface area contributed by atoms with E-state index in [2.05, 4.69) is 24.0 Å². The third-order valence-electron chi connectivity index (χ3n) is 4.29. The Labute approximate surface area is 126 Å². The number of nitrogens with zero attached hydrogens (tertiary/aromatic N) is 2. The van der Waals surface area contributed by atoms with Gasteiger partial charge in [0.25, 0.3) is 5.56 Å². The maximum Gasteiger partial charge on any atom is 0.262 e. The van der Waals surface area contributed by atoms with Crippen LogP contribution in [-0.2, 0) is 19.4 Å². The summed E-state index contributed by atoms with van der Waals surface area (Å²) in [6.45, 7) is 2.67. The van der Waals surface area contributed by atoms with Crippen LogP contribution in [0.2, 0.25) is 0 Å². The maximum absolute atomic E-state index is 12.8. The molecule has 4 heteroatoms. The van der Waals surface area contributed by atoms with Crippen molar-refractivity contribution in [2.45, 2.75) is 32.7 Å². The predicted molar refractivity (Wildman–Crippen MR) is 86.2 cm³/mol. The summed E-state index contributed by atoms with van der Waals surface area (Å²) in [7, 11) is 0. The van der Waals surface area contributed by atoms with E-state index in [1.165, 1.54) is 28.0 Å². The van der Waals surface area contributed by atoms with Crippen LogP contribution in [0.25, 0.3) is 10.2 Å². The van der Waals surface area contributed by atoms with Crippen LogP contribution in [0.4, 0.5) is 0 Å². The molecule has 0 bridgehead atoms. The van der Waals surface area contributed by atoms with E-state index < -0.39 is 0 Å². The number of thiophene rings is 1. The lowest BCUT2D eigenvalue weighted by Crippen LogP contribution is -2.21. The van der Waals surface area contributed by atoms with Crippen molar-refractivity contribution in [2.75, 3.05) is 0 Å². The highest BCUT2D eigenvalue weighted by atomic mass is 32.1. The van der Waals surface area contributed by atoms with Crippen LogP contribution >= 0.6 is 11.3 Å². The predicted octanol–water partition coefficient (Wildman–Crippen LogP) is 3.30. The van der Waals surface area contributed by atoms with E-state index in [4.69, 9.17) is 0 Å². The fraction of sp³-hybridized carbons (Fsp3) is 0.294. The maximum atomic E-state index is 12.8. The van der Waals surface area contributed by atoms with E-state index in [-0.39, 0.29) is 5.56 Å². The molecule has 1 aliphatic rings. The number of rotatable bonds is 2. The van der Waals surface area contributed by atoms with Gasteiger partial charge in [-0.1, -0.05) is 24.3 Å². The molecule has 0 spiro atoms. The number of aryl methyl sites for hydroxylation is 3. The fourth-order valence-electron chi connectivity index (χ4n) is 3.10. The molecule has 3 aromatic rings. The molecule has 21 heavy (non-hydrogen) atoms. The third-order valence-corrected chi connectivity index (χ3v) is 5.49. The van der Waals surface area contributed by atoms with Gasteiger partial charge in [-0.2, -0.15) is 0 Å². The summed E-state index contributed by atoms with van der Waals surface area (Å²) >= 11 is 1.69. The second kappa shape index (κ2) is 4.81. The Balaban J connectivity index is 1.85. The monoisotopic (exact) mass is 296 g/mol. The van der Waals surface area contributed by atoms with E-state index in [1.807, 2.05) is 12.1 Å². The number of hydrogen-bond acceptors (Lipinski definition) is 3. The Morgan fingerprint density at radius 1 is 1.29 bits per heavy atom. The normalized spacial score (nSPS) is 13.8. The van der Waals surface area contributed by atoms with Crippen LogP contribution in [0.5, 0.6) is 0 Å². The Bertz CT molecular complexity index is 891. The van der Waals surface area contributed by atoms with Gasteiger partial charge in [0.2, 0.25) is 0 Å².